The van der Waals surface area contributed by atoms with Crippen molar-refractivity contribution in [3.05, 3.63) is 34.3 Å². The predicted molar refractivity (Wildman–Crippen MR) is 74.6 cm³/mol. The number of aliphatic hydroxyl groups is 1. The summed E-state index contributed by atoms with van der Waals surface area (Å²) in [6, 6.07) is 7.65. The molecule has 0 aliphatic rings. The van der Waals surface area contributed by atoms with Crippen LogP contribution in [0.1, 0.15) is 25.5 Å². The Bertz CT molecular complexity index is 397. The van der Waals surface area contributed by atoms with Gasteiger partial charge in [-0.1, -0.05) is 47.8 Å². The molecule has 0 bridgehead atoms. The summed E-state index contributed by atoms with van der Waals surface area (Å²) < 4.78 is 0.964. The number of hydrogen-bond acceptors (Lipinski definition) is 2. The standard InChI is InChI=1S/C14H18BrNO/c1-4-13(10(2)3)16-9-14(17)11-6-5-7-12(15)8-11/h1,5-8,10,13-14,16-17H,9H2,2-3H3. The van der Waals surface area contributed by atoms with Gasteiger partial charge in [-0.2, -0.15) is 0 Å². The number of aliphatic hydroxyl groups excluding tert-OH is 1. The number of terminal acetylenes is 1. The van der Waals surface area contributed by atoms with Crippen LogP contribution in [0.15, 0.2) is 28.7 Å². The van der Waals surface area contributed by atoms with E-state index in [9.17, 15) is 5.11 Å². The van der Waals surface area contributed by atoms with E-state index in [-0.39, 0.29) is 6.04 Å². The van der Waals surface area contributed by atoms with Crippen LogP contribution in [0.25, 0.3) is 0 Å². The van der Waals surface area contributed by atoms with Gasteiger partial charge in [-0.15, -0.1) is 6.42 Å². The summed E-state index contributed by atoms with van der Waals surface area (Å²) in [7, 11) is 0. The fraction of sp³-hybridized carbons (Fsp3) is 0.429. The van der Waals surface area contributed by atoms with E-state index in [0.29, 0.717) is 12.5 Å². The molecule has 0 fully saturated rings. The lowest BCUT2D eigenvalue weighted by Crippen LogP contribution is -2.35. The highest BCUT2D eigenvalue weighted by molar-refractivity contribution is 9.10. The van der Waals surface area contributed by atoms with Crippen molar-refractivity contribution < 1.29 is 5.11 Å². The average molecular weight is 296 g/mol. The zero-order valence-electron chi connectivity index (χ0n) is 10.2. The van der Waals surface area contributed by atoms with Crippen LogP contribution in [0.2, 0.25) is 0 Å². The molecular weight excluding hydrogens is 278 g/mol. The van der Waals surface area contributed by atoms with Crippen LogP contribution in [0.5, 0.6) is 0 Å². The molecule has 2 atom stereocenters. The molecule has 2 N–H and O–H groups in total. The van der Waals surface area contributed by atoms with Gasteiger partial charge in [-0.3, -0.25) is 0 Å². The number of hydrogen-bond donors (Lipinski definition) is 2. The van der Waals surface area contributed by atoms with Crippen LogP contribution in [0.4, 0.5) is 0 Å². The summed E-state index contributed by atoms with van der Waals surface area (Å²) in [5.74, 6) is 3.04. The molecule has 0 radical (unpaired) electrons. The predicted octanol–water partition coefficient (Wildman–Crippen LogP) is 2.73. The molecule has 0 amide bonds. The minimum atomic E-state index is -0.540. The Morgan fingerprint density at radius 2 is 2.18 bits per heavy atom. The van der Waals surface area contributed by atoms with Crippen molar-refractivity contribution in [2.75, 3.05) is 6.54 Å². The first-order chi connectivity index (χ1) is 8.04. The molecule has 1 aromatic carbocycles. The zero-order chi connectivity index (χ0) is 12.8. The van der Waals surface area contributed by atoms with E-state index in [1.54, 1.807) is 0 Å². The fourth-order valence-electron chi connectivity index (χ4n) is 1.56. The maximum Gasteiger partial charge on any atom is 0.0915 e. The summed E-state index contributed by atoms with van der Waals surface area (Å²) in [5, 5.41) is 13.2. The average Bonchev–Trinajstić information content (AvgIpc) is 2.29. The Balaban J connectivity index is 2.56. The first-order valence-electron chi connectivity index (χ1n) is 5.67. The maximum atomic E-state index is 10.0. The third-order valence-electron chi connectivity index (χ3n) is 2.61. The highest BCUT2D eigenvalue weighted by Gasteiger charge is 2.13. The van der Waals surface area contributed by atoms with E-state index in [1.807, 2.05) is 24.3 Å². The summed E-state index contributed by atoms with van der Waals surface area (Å²) in [4.78, 5) is 0. The lowest BCUT2D eigenvalue weighted by Gasteiger charge is -2.19. The van der Waals surface area contributed by atoms with Gasteiger partial charge in [0.05, 0.1) is 12.1 Å². The Morgan fingerprint density at radius 3 is 2.71 bits per heavy atom. The largest absolute Gasteiger partial charge is 0.387 e. The number of benzene rings is 1. The van der Waals surface area contributed by atoms with Crippen molar-refractivity contribution in [3.63, 3.8) is 0 Å². The van der Waals surface area contributed by atoms with Gasteiger partial charge in [0, 0.05) is 11.0 Å². The van der Waals surface area contributed by atoms with E-state index >= 15 is 0 Å². The normalized spacial score (nSPS) is 14.4. The lowest BCUT2D eigenvalue weighted by atomic mass is 10.0. The van der Waals surface area contributed by atoms with Crippen molar-refractivity contribution in [3.8, 4) is 12.3 Å². The smallest absolute Gasteiger partial charge is 0.0915 e. The molecule has 0 aliphatic carbocycles. The van der Waals surface area contributed by atoms with E-state index < -0.39 is 6.10 Å². The molecule has 3 heteroatoms. The van der Waals surface area contributed by atoms with Gasteiger partial charge < -0.3 is 10.4 Å². The number of rotatable bonds is 5. The number of halogens is 1. The van der Waals surface area contributed by atoms with Crippen LogP contribution in [0.3, 0.4) is 0 Å². The molecule has 17 heavy (non-hydrogen) atoms. The van der Waals surface area contributed by atoms with Crippen molar-refractivity contribution >= 4 is 15.9 Å². The third-order valence-corrected chi connectivity index (χ3v) is 3.10. The summed E-state index contributed by atoms with van der Waals surface area (Å²) in [5.41, 5.74) is 0.881. The summed E-state index contributed by atoms with van der Waals surface area (Å²) in [6.45, 7) is 4.58. The maximum absolute atomic E-state index is 10.0. The van der Waals surface area contributed by atoms with Crippen LogP contribution in [0, 0.1) is 18.3 Å². The molecule has 2 unspecified atom stereocenters. The van der Waals surface area contributed by atoms with E-state index in [1.165, 1.54) is 0 Å². The second kappa shape index (κ2) is 6.80. The highest BCUT2D eigenvalue weighted by Crippen LogP contribution is 2.17. The van der Waals surface area contributed by atoms with Crippen molar-refractivity contribution in [1.82, 2.24) is 5.32 Å². The third kappa shape index (κ3) is 4.51. The first kappa shape index (κ1) is 14.2. The number of nitrogens with one attached hydrogen (secondary N) is 1. The molecule has 0 aromatic heterocycles. The minimum absolute atomic E-state index is 0.00296. The monoisotopic (exact) mass is 295 g/mol. The van der Waals surface area contributed by atoms with Crippen LogP contribution in [-0.2, 0) is 0 Å². The Morgan fingerprint density at radius 1 is 1.47 bits per heavy atom. The minimum Gasteiger partial charge on any atom is -0.387 e. The second-order valence-corrected chi connectivity index (χ2v) is 5.28. The van der Waals surface area contributed by atoms with Crippen LogP contribution in [-0.4, -0.2) is 17.7 Å². The summed E-state index contributed by atoms with van der Waals surface area (Å²) >= 11 is 3.38. The molecule has 0 saturated carbocycles. The van der Waals surface area contributed by atoms with Crippen molar-refractivity contribution in [2.24, 2.45) is 5.92 Å². The van der Waals surface area contributed by atoms with Gasteiger partial charge >= 0.3 is 0 Å². The SMILES string of the molecule is C#CC(NCC(O)c1cccc(Br)c1)C(C)C. The van der Waals surface area contributed by atoms with Gasteiger partial charge in [0.2, 0.25) is 0 Å². The van der Waals surface area contributed by atoms with Gasteiger partial charge in [0.25, 0.3) is 0 Å². The van der Waals surface area contributed by atoms with Gasteiger partial charge in [-0.25, -0.2) is 0 Å². The van der Waals surface area contributed by atoms with E-state index in [2.05, 4.69) is 41.0 Å². The van der Waals surface area contributed by atoms with Gasteiger partial charge in [0.15, 0.2) is 0 Å². The van der Waals surface area contributed by atoms with Crippen LogP contribution >= 0.6 is 15.9 Å². The van der Waals surface area contributed by atoms with E-state index in [0.717, 1.165) is 10.0 Å². The molecule has 0 saturated heterocycles. The van der Waals surface area contributed by atoms with E-state index in [4.69, 9.17) is 6.42 Å². The zero-order valence-corrected chi connectivity index (χ0v) is 11.7. The second-order valence-electron chi connectivity index (χ2n) is 4.37. The molecule has 1 aromatic rings. The quantitative estimate of drug-likeness (QED) is 0.819. The molecule has 0 aliphatic heterocycles. The molecule has 0 spiro atoms. The Hall–Kier alpha value is -0.820. The lowest BCUT2D eigenvalue weighted by molar-refractivity contribution is 0.170. The summed E-state index contributed by atoms with van der Waals surface area (Å²) in [6.07, 6.45) is 4.88. The molecular formula is C14H18BrNO. The van der Waals surface area contributed by atoms with Gasteiger partial charge in [-0.05, 0) is 23.6 Å². The Labute approximate surface area is 112 Å². The van der Waals surface area contributed by atoms with Crippen LogP contribution < -0.4 is 5.32 Å². The fourth-order valence-corrected chi connectivity index (χ4v) is 1.97. The first-order valence-corrected chi connectivity index (χ1v) is 6.47. The molecule has 2 nitrogen and oxygen atoms in total. The molecule has 0 heterocycles. The molecule has 92 valence electrons. The van der Waals surface area contributed by atoms with Gasteiger partial charge in [0.1, 0.15) is 0 Å². The van der Waals surface area contributed by atoms with Crippen molar-refractivity contribution in [1.29, 1.82) is 0 Å². The molecule has 1 rings (SSSR count). The highest BCUT2D eigenvalue weighted by atomic mass is 79.9. The van der Waals surface area contributed by atoms with Crippen molar-refractivity contribution in [2.45, 2.75) is 26.0 Å². The Kier molecular flexibility index (Phi) is 5.70. The topological polar surface area (TPSA) is 32.3 Å².